The predicted octanol–water partition coefficient (Wildman–Crippen LogP) is 3.72. The van der Waals surface area contributed by atoms with E-state index in [4.69, 9.17) is 9.47 Å². The third-order valence-corrected chi connectivity index (χ3v) is 5.74. The van der Waals surface area contributed by atoms with E-state index in [9.17, 15) is 4.39 Å². The molecule has 6 rings (SSSR count). The summed E-state index contributed by atoms with van der Waals surface area (Å²) >= 11 is 0. The minimum atomic E-state index is -0.248. The van der Waals surface area contributed by atoms with Gasteiger partial charge in [-0.1, -0.05) is 6.07 Å². The maximum atomic E-state index is 14.7. The largest absolute Gasteiger partial charge is 0.493 e. The predicted molar refractivity (Wildman–Crippen MR) is 108 cm³/mol. The Morgan fingerprint density at radius 1 is 1.13 bits per heavy atom. The van der Waals surface area contributed by atoms with E-state index in [-0.39, 0.29) is 11.7 Å². The Bertz CT molecular complexity index is 1290. The lowest BCUT2D eigenvalue weighted by molar-refractivity contribution is 0.249. The molecule has 1 N–H and O–H groups in total. The van der Waals surface area contributed by atoms with Gasteiger partial charge >= 0.3 is 0 Å². The summed E-state index contributed by atoms with van der Waals surface area (Å²) in [7, 11) is 0. The van der Waals surface area contributed by atoms with Crippen LogP contribution in [0.1, 0.15) is 22.7 Å². The highest BCUT2D eigenvalue weighted by atomic mass is 19.1. The molecule has 0 fully saturated rings. The SMILES string of the molecule is Cc1ccc(-c2cc3c(n4cnnc24)NCc2c(F)ccc4c2[C@@H](CO4)CO3)cn1. The summed E-state index contributed by atoms with van der Waals surface area (Å²) in [6.07, 6.45) is 3.45. The second kappa shape index (κ2) is 6.41. The molecule has 1 atom stereocenters. The number of fused-ring (bicyclic) bond motifs is 3. The zero-order chi connectivity index (χ0) is 20.2. The van der Waals surface area contributed by atoms with E-state index >= 15 is 0 Å². The maximum absolute atomic E-state index is 14.7. The van der Waals surface area contributed by atoms with Crippen LogP contribution < -0.4 is 14.8 Å². The molecule has 2 aliphatic rings. The van der Waals surface area contributed by atoms with Crippen LogP contribution in [0.15, 0.2) is 42.9 Å². The van der Waals surface area contributed by atoms with Gasteiger partial charge in [0.05, 0.1) is 19.1 Å². The van der Waals surface area contributed by atoms with Crippen molar-refractivity contribution in [1.82, 2.24) is 19.6 Å². The topological polar surface area (TPSA) is 73.6 Å². The summed E-state index contributed by atoms with van der Waals surface area (Å²) in [5.74, 6) is 1.80. The van der Waals surface area contributed by atoms with Crippen molar-refractivity contribution in [3.05, 3.63) is 65.5 Å². The van der Waals surface area contributed by atoms with E-state index < -0.39 is 0 Å². The third-order valence-electron chi connectivity index (χ3n) is 5.74. The molecular formula is C22H18FN5O2. The first kappa shape index (κ1) is 17.2. The number of aromatic nitrogens is 4. The van der Waals surface area contributed by atoms with E-state index in [0.717, 1.165) is 28.1 Å². The molecule has 0 bridgehead atoms. The number of benzene rings is 1. The Hall–Kier alpha value is -3.68. The third kappa shape index (κ3) is 2.53. The number of aryl methyl sites for hydroxylation is 1. The molecule has 0 saturated carbocycles. The fraction of sp³-hybridized carbons (Fsp3) is 0.227. The van der Waals surface area contributed by atoms with Crippen molar-refractivity contribution in [2.75, 3.05) is 18.5 Å². The Kier molecular flexibility index (Phi) is 3.68. The molecule has 4 aromatic rings. The highest BCUT2D eigenvalue weighted by Crippen LogP contribution is 2.41. The van der Waals surface area contributed by atoms with Crippen LogP contribution in [-0.4, -0.2) is 32.8 Å². The van der Waals surface area contributed by atoms with E-state index in [0.29, 0.717) is 42.5 Å². The van der Waals surface area contributed by atoms with Gasteiger partial charge in [0.1, 0.15) is 17.9 Å². The molecule has 5 heterocycles. The maximum Gasteiger partial charge on any atom is 0.170 e. The van der Waals surface area contributed by atoms with Gasteiger partial charge < -0.3 is 14.8 Å². The Balaban J connectivity index is 1.51. The molecule has 0 radical (unpaired) electrons. The quantitative estimate of drug-likeness (QED) is 0.522. The number of halogens is 1. The van der Waals surface area contributed by atoms with Crippen LogP contribution in [-0.2, 0) is 6.54 Å². The number of hydrogen-bond acceptors (Lipinski definition) is 6. The normalized spacial score (nSPS) is 17.1. The summed E-state index contributed by atoms with van der Waals surface area (Å²) in [4.78, 5) is 4.40. The molecule has 2 aliphatic heterocycles. The molecular weight excluding hydrogens is 385 g/mol. The van der Waals surface area contributed by atoms with Gasteiger partial charge in [0.2, 0.25) is 0 Å². The molecule has 0 aliphatic carbocycles. The molecule has 150 valence electrons. The molecule has 0 amide bonds. The van der Waals surface area contributed by atoms with Crippen molar-refractivity contribution in [1.29, 1.82) is 0 Å². The Labute approximate surface area is 171 Å². The van der Waals surface area contributed by atoms with Gasteiger partial charge in [-0.25, -0.2) is 4.39 Å². The molecule has 3 aromatic heterocycles. The second-order valence-corrected chi connectivity index (χ2v) is 7.59. The van der Waals surface area contributed by atoms with Gasteiger partial charge in [-0.15, -0.1) is 10.2 Å². The number of pyridine rings is 2. The summed E-state index contributed by atoms with van der Waals surface area (Å²) < 4.78 is 28.5. The van der Waals surface area contributed by atoms with Gasteiger partial charge in [-0.3, -0.25) is 9.38 Å². The summed E-state index contributed by atoms with van der Waals surface area (Å²) in [6.45, 7) is 3.12. The van der Waals surface area contributed by atoms with Gasteiger partial charge in [-0.05, 0) is 31.2 Å². The fourth-order valence-corrected chi connectivity index (χ4v) is 4.22. The standard InChI is InChI=1S/C22H18FN5O2/c1-12-2-3-13(7-24-12)15-6-19-22(28-11-26-27-21(15)28)25-8-16-17(23)4-5-18-20(16)14(9-29-18)10-30-19/h2-7,11,14,25H,8-10H2,1H3/t14-/m0/s1. The Morgan fingerprint density at radius 3 is 2.83 bits per heavy atom. The minimum Gasteiger partial charge on any atom is -0.493 e. The zero-order valence-electron chi connectivity index (χ0n) is 16.2. The van der Waals surface area contributed by atoms with Crippen molar-refractivity contribution >= 4 is 11.5 Å². The molecule has 30 heavy (non-hydrogen) atoms. The van der Waals surface area contributed by atoms with Crippen molar-refractivity contribution in [2.24, 2.45) is 0 Å². The van der Waals surface area contributed by atoms with Gasteiger partial charge in [0.25, 0.3) is 0 Å². The van der Waals surface area contributed by atoms with Crippen molar-refractivity contribution in [3.63, 3.8) is 0 Å². The molecule has 7 nitrogen and oxygen atoms in total. The van der Waals surface area contributed by atoms with Crippen LogP contribution in [0.2, 0.25) is 0 Å². The molecule has 0 saturated heterocycles. The number of rotatable bonds is 1. The van der Waals surface area contributed by atoms with Crippen LogP contribution in [0.25, 0.3) is 16.8 Å². The van der Waals surface area contributed by atoms with Gasteiger partial charge in [-0.2, -0.15) is 0 Å². The second-order valence-electron chi connectivity index (χ2n) is 7.59. The molecule has 8 heteroatoms. The summed E-state index contributed by atoms with van der Waals surface area (Å²) in [6, 6.07) is 9.06. The molecule has 0 spiro atoms. The Morgan fingerprint density at radius 2 is 2.00 bits per heavy atom. The summed E-state index contributed by atoms with van der Waals surface area (Å²) in [5.41, 5.74) is 4.90. The summed E-state index contributed by atoms with van der Waals surface area (Å²) in [5, 5.41) is 11.7. The highest BCUT2D eigenvalue weighted by molar-refractivity contribution is 5.81. The van der Waals surface area contributed by atoms with Crippen molar-refractivity contribution in [2.45, 2.75) is 19.4 Å². The van der Waals surface area contributed by atoms with E-state index in [1.54, 1.807) is 12.4 Å². The first-order valence-electron chi connectivity index (χ1n) is 9.79. The van der Waals surface area contributed by atoms with Crippen LogP contribution in [0.3, 0.4) is 0 Å². The number of nitrogens with one attached hydrogen (secondary N) is 1. The van der Waals surface area contributed by atoms with E-state index in [1.807, 2.05) is 35.7 Å². The van der Waals surface area contributed by atoms with Crippen molar-refractivity contribution < 1.29 is 13.9 Å². The number of ether oxygens (including phenoxy) is 2. The lowest BCUT2D eigenvalue weighted by Crippen LogP contribution is -2.13. The minimum absolute atomic E-state index is 0.0282. The first-order chi connectivity index (χ1) is 14.7. The number of nitrogens with zero attached hydrogens (tertiary/aromatic N) is 4. The van der Waals surface area contributed by atoms with Crippen LogP contribution in [0, 0.1) is 12.7 Å². The lowest BCUT2D eigenvalue weighted by Gasteiger charge is -2.16. The highest BCUT2D eigenvalue weighted by Gasteiger charge is 2.31. The van der Waals surface area contributed by atoms with Crippen LogP contribution >= 0.6 is 0 Å². The lowest BCUT2D eigenvalue weighted by atomic mass is 9.96. The monoisotopic (exact) mass is 403 g/mol. The van der Waals surface area contributed by atoms with Crippen LogP contribution in [0.5, 0.6) is 11.5 Å². The average molecular weight is 403 g/mol. The first-order valence-corrected chi connectivity index (χ1v) is 9.79. The van der Waals surface area contributed by atoms with Crippen molar-refractivity contribution in [3.8, 4) is 22.6 Å². The smallest absolute Gasteiger partial charge is 0.170 e. The number of hydrogen-bond donors (Lipinski definition) is 1. The molecule has 1 aromatic carbocycles. The zero-order valence-corrected chi connectivity index (χ0v) is 16.2. The average Bonchev–Trinajstić information content (AvgIpc) is 3.40. The van der Waals surface area contributed by atoms with E-state index in [1.165, 1.54) is 6.07 Å². The number of anilines is 1. The van der Waals surface area contributed by atoms with Gasteiger partial charge in [0.15, 0.2) is 17.2 Å². The molecule has 0 unspecified atom stereocenters. The fourth-order valence-electron chi connectivity index (χ4n) is 4.22. The van der Waals surface area contributed by atoms with Gasteiger partial charge in [0, 0.05) is 40.7 Å². The van der Waals surface area contributed by atoms with Crippen LogP contribution in [0.4, 0.5) is 10.2 Å². The van der Waals surface area contributed by atoms with E-state index in [2.05, 4.69) is 20.5 Å².